The smallest absolute Gasteiger partial charge is 0.253 e. The number of piperazine rings is 1. The first-order valence-corrected chi connectivity index (χ1v) is 9.92. The number of aromatic nitrogens is 2. The van der Waals surface area contributed by atoms with E-state index in [0.29, 0.717) is 0 Å². The number of aromatic amines is 1. The molecule has 0 saturated carbocycles. The summed E-state index contributed by atoms with van der Waals surface area (Å²) in [5.41, 5.74) is 4.87. The largest absolute Gasteiger partial charge is 0.368 e. The van der Waals surface area contributed by atoms with Crippen LogP contribution >= 0.6 is 0 Å². The van der Waals surface area contributed by atoms with Crippen LogP contribution in [0.1, 0.15) is 10.4 Å². The molecular formula is C24H22N4O. The van der Waals surface area contributed by atoms with Gasteiger partial charge in [0.25, 0.3) is 5.91 Å². The second kappa shape index (κ2) is 7.43. The van der Waals surface area contributed by atoms with Crippen LogP contribution in [0.25, 0.3) is 22.4 Å². The molecule has 5 rings (SSSR count). The Bertz CT molecular complexity index is 1090. The lowest BCUT2D eigenvalue weighted by molar-refractivity contribution is 0.0747. The van der Waals surface area contributed by atoms with Gasteiger partial charge < -0.3 is 14.8 Å². The number of carbonyl (C=O) groups is 1. The minimum absolute atomic E-state index is 0.0915. The second-order valence-corrected chi connectivity index (χ2v) is 7.29. The fourth-order valence-electron chi connectivity index (χ4n) is 3.85. The third-order valence-corrected chi connectivity index (χ3v) is 5.48. The summed E-state index contributed by atoms with van der Waals surface area (Å²) in [6.45, 7) is 3.18. The Morgan fingerprint density at radius 3 is 2.21 bits per heavy atom. The van der Waals surface area contributed by atoms with Crippen LogP contribution in [0.4, 0.5) is 5.69 Å². The standard InChI is InChI=1S/C24H22N4O/c29-24(28-16-14-27(15-17-28)20-6-2-1-3-7-20)19-12-10-18(11-13-19)23-25-21-8-4-5-9-22(21)26-23/h1-13H,14-17H2,(H,25,26). The molecule has 0 atom stereocenters. The Morgan fingerprint density at radius 1 is 0.793 bits per heavy atom. The Labute approximate surface area is 169 Å². The van der Waals surface area contributed by atoms with E-state index >= 15 is 0 Å². The van der Waals surface area contributed by atoms with Crippen LogP contribution in [0.15, 0.2) is 78.9 Å². The second-order valence-electron chi connectivity index (χ2n) is 7.29. The van der Waals surface area contributed by atoms with E-state index in [-0.39, 0.29) is 5.91 Å². The molecule has 0 radical (unpaired) electrons. The normalized spacial score (nSPS) is 14.3. The van der Waals surface area contributed by atoms with Crippen molar-refractivity contribution in [2.24, 2.45) is 0 Å². The monoisotopic (exact) mass is 382 g/mol. The number of hydrogen-bond donors (Lipinski definition) is 1. The summed E-state index contributed by atoms with van der Waals surface area (Å²) in [5.74, 6) is 0.913. The van der Waals surface area contributed by atoms with Gasteiger partial charge in [0.2, 0.25) is 0 Å². The zero-order valence-electron chi connectivity index (χ0n) is 16.1. The van der Waals surface area contributed by atoms with Gasteiger partial charge in [0.15, 0.2) is 0 Å². The first-order valence-electron chi connectivity index (χ1n) is 9.92. The number of benzene rings is 3. The number of H-pyrrole nitrogens is 1. The van der Waals surface area contributed by atoms with E-state index in [1.54, 1.807) is 0 Å². The summed E-state index contributed by atoms with van der Waals surface area (Å²) in [5, 5.41) is 0. The highest BCUT2D eigenvalue weighted by Crippen LogP contribution is 2.22. The van der Waals surface area contributed by atoms with Gasteiger partial charge in [-0.15, -0.1) is 0 Å². The van der Waals surface area contributed by atoms with Crippen molar-refractivity contribution < 1.29 is 4.79 Å². The number of nitrogens with one attached hydrogen (secondary N) is 1. The molecule has 2 heterocycles. The van der Waals surface area contributed by atoms with Crippen LogP contribution in [-0.2, 0) is 0 Å². The Morgan fingerprint density at radius 2 is 1.48 bits per heavy atom. The number of amides is 1. The molecule has 1 amide bonds. The van der Waals surface area contributed by atoms with E-state index in [2.05, 4.69) is 39.1 Å². The summed E-state index contributed by atoms with van der Waals surface area (Å²) in [6, 6.07) is 26.1. The molecule has 0 bridgehead atoms. The summed E-state index contributed by atoms with van der Waals surface area (Å²) < 4.78 is 0. The van der Waals surface area contributed by atoms with E-state index < -0.39 is 0 Å². The summed E-state index contributed by atoms with van der Waals surface area (Å²) in [7, 11) is 0. The number of rotatable bonds is 3. The minimum atomic E-state index is 0.0915. The van der Waals surface area contributed by atoms with Crippen LogP contribution in [0.2, 0.25) is 0 Å². The maximum absolute atomic E-state index is 12.9. The fraction of sp³-hybridized carbons (Fsp3) is 0.167. The van der Waals surface area contributed by atoms with Crippen molar-refractivity contribution >= 4 is 22.6 Å². The summed E-state index contributed by atoms with van der Waals surface area (Å²) >= 11 is 0. The van der Waals surface area contributed by atoms with Gasteiger partial charge in [-0.3, -0.25) is 4.79 Å². The molecule has 1 aliphatic heterocycles. The summed E-state index contributed by atoms with van der Waals surface area (Å²) in [4.78, 5) is 25.1. The van der Waals surface area contributed by atoms with Gasteiger partial charge in [-0.05, 0) is 36.4 Å². The molecule has 5 nitrogen and oxygen atoms in total. The molecule has 1 aromatic heterocycles. The average Bonchev–Trinajstić information content (AvgIpc) is 3.24. The number of carbonyl (C=O) groups excluding carboxylic acids is 1. The molecule has 4 aromatic rings. The van der Waals surface area contributed by atoms with Gasteiger partial charge in [-0.1, -0.05) is 42.5 Å². The molecule has 0 unspecified atom stereocenters. The van der Waals surface area contributed by atoms with Gasteiger partial charge in [-0.25, -0.2) is 4.98 Å². The van der Waals surface area contributed by atoms with Crippen molar-refractivity contribution in [1.82, 2.24) is 14.9 Å². The van der Waals surface area contributed by atoms with Gasteiger partial charge in [0.05, 0.1) is 11.0 Å². The lowest BCUT2D eigenvalue weighted by Crippen LogP contribution is -2.48. The van der Waals surface area contributed by atoms with Gasteiger partial charge in [-0.2, -0.15) is 0 Å². The van der Waals surface area contributed by atoms with E-state index in [1.807, 2.05) is 59.5 Å². The van der Waals surface area contributed by atoms with E-state index in [1.165, 1.54) is 5.69 Å². The van der Waals surface area contributed by atoms with Crippen LogP contribution in [0.5, 0.6) is 0 Å². The van der Waals surface area contributed by atoms with Crippen molar-refractivity contribution in [2.75, 3.05) is 31.1 Å². The minimum Gasteiger partial charge on any atom is -0.368 e. The highest BCUT2D eigenvalue weighted by atomic mass is 16.2. The number of nitrogens with zero attached hydrogens (tertiary/aromatic N) is 3. The van der Waals surface area contributed by atoms with Crippen molar-refractivity contribution in [3.8, 4) is 11.4 Å². The topological polar surface area (TPSA) is 52.2 Å². The van der Waals surface area contributed by atoms with E-state index in [0.717, 1.165) is 54.2 Å². The maximum Gasteiger partial charge on any atom is 0.253 e. The molecule has 1 fully saturated rings. The number of fused-ring (bicyclic) bond motifs is 1. The van der Waals surface area contributed by atoms with Crippen LogP contribution in [0.3, 0.4) is 0 Å². The van der Waals surface area contributed by atoms with Crippen molar-refractivity contribution in [3.63, 3.8) is 0 Å². The zero-order chi connectivity index (χ0) is 19.6. The molecule has 29 heavy (non-hydrogen) atoms. The first-order chi connectivity index (χ1) is 14.3. The zero-order valence-corrected chi connectivity index (χ0v) is 16.1. The Balaban J connectivity index is 1.27. The van der Waals surface area contributed by atoms with Crippen molar-refractivity contribution in [3.05, 3.63) is 84.4 Å². The molecule has 0 spiro atoms. The Hall–Kier alpha value is -3.60. The lowest BCUT2D eigenvalue weighted by Gasteiger charge is -2.36. The Kier molecular flexibility index (Phi) is 4.48. The molecule has 3 aromatic carbocycles. The molecule has 1 aliphatic rings. The summed E-state index contributed by atoms with van der Waals surface area (Å²) in [6.07, 6.45) is 0. The predicted octanol–water partition coefficient (Wildman–Crippen LogP) is 4.19. The highest BCUT2D eigenvalue weighted by molar-refractivity contribution is 5.95. The lowest BCUT2D eigenvalue weighted by atomic mass is 10.1. The molecule has 144 valence electrons. The number of anilines is 1. The van der Waals surface area contributed by atoms with Crippen LogP contribution in [0, 0.1) is 0 Å². The molecule has 5 heteroatoms. The third kappa shape index (κ3) is 3.47. The molecule has 1 saturated heterocycles. The quantitative estimate of drug-likeness (QED) is 0.578. The van der Waals surface area contributed by atoms with Crippen LogP contribution in [-0.4, -0.2) is 47.0 Å². The first kappa shape index (κ1) is 17.5. The third-order valence-electron chi connectivity index (χ3n) is 5.48. The molecule has 1 N–H and O–H groups in total. The SMILES string of the molecule is O=C(c1ccc(-c2nc3ccccc3[nH]2)cc1)N1CCN(c2ccccc2)CC1. The number of hydrogen-bond acceptors (Lipinski definition) is 3. The molecule has 0 aliphatic carbocycles. The van der Waals surface area contributed by atoms with Crippen molar-refractivity contribution in [1.29, 1.82) is 0 Å². The van der Waals surface area contributed by atoms with Crippen molar-refractivity contribution in [2.45, 2.75) is 0 Å². The highest BCUT2D eigenvalue weighted by Gasteiger charge is 2.22. The molecular weight excluding hydrogens is 360 g/mol. The van der Waals surface area contributed by atoms with Gasteiger partial charge >= 0.3 is 0 Å². The predicted molar refractivity (Wildman–Crippen MR) is 116 cm³/mol. The number of imidazole rings is 1. The van der Waals surface area contributed by atoms with Crippen LogP contribution < -0.4 is 4.90 Å². The van der Waals surface area contributed by atoms with E-state index in [4.69, 9.17) is 0 Å². The van der Waals surface area contributed by atoms with E-state index in [9.17, 15) is 4.79 Å². The fourth-order valence-corrected chi connectivity index (χ4v) is 3.85. The van der Waals surface area contributed by atoms with Gasteiger partial charge in [0.1, 0.15) is 5.82 Å². The maximum atomic E-state index is 12.9. The number of para-hydroxylation sites is 3. The van der Waals surface area contributed by atoms with Gasteiger partial charge in [0, 0.05) is 43.0 Å². The average molecular weight is 382 g/mol.